The fourth-order valence-electron chi connectivity index (χ4n) is 2.05. The second kappa shape index (κ2) is 3.89. The van der Waals surface area contributed by atoms with Gasteiger partial charge in [0.25, 0.3) is 5.91 Å². The van der Waals surface area contributed by atoms with E-state index in [1.54, 1.807) is 0 Å². The van der Waals surface area contributed by atoms with Crippen molar-refractivity contribution in [1.29, 1.82) is 0 Å². The van der Waals surface area contributed by atoms with Gasteiger partial charge in [0, 0.05) is 6.54 Å². The summed E-state index contributed by atoms with van der Waals surface area (Å²) in [5.41, 5.74) is -0.491. The number of rotatable bonds is 3. The zero-order valence-electron chi connectivity index (χ0n) is 8.84. The first kappa shape index (κ1) is 9.97. The first-order valence-corrected chi connectivity index (χ1v) is 5.63. The SMILES string of the molecule is C[C@@]1(C(=O)NCC2CCCCC2)CO1. The van der Waals surface area contributed by atoms with Gasteiger partial charge in [-0.3, -0.25) is 4.79 Å². The maximum atomic E-state index is 11.5. The first-order valence-electron chi connectivity index (χ1n) is 5.63. The Kier molecular flexibility index (Phi) is 2.77. The summed E-state index contributed by atoms with van der Waals surface area (Å²) in [5.74, 6) is 0.776. The highest BCUT2D eigenvalue weighted by molar-refractivity contribution is 5.87. The van der Waals surface area contributed by atoms with Crippen LogP contribution in [0.4, 0.5) is 0 Å². The second-order valence-corrected chi connectivity index (χ2v) is 4.73. The zero-order chi connectivity index (χ0) is 10.0. The lowest BCUT2D eigenvalue weighted by Crippen LogP contribution is -2.38. The summed E-state index contributed by atoms with van der Waals surface area (Å²) in [7, 11) is 0. The number of nitrogens with one attached hydrogen (secondary N) is 1. The molecule has 0 aromatic carbocycles. The maximum absolute atomic E-state index is 11.5. The van der Waals surface area contributed by atoms with Gasteiger partial charge in [-0.25, -0.2) is 0 Å². The van der Waals surface area contributed by atoms with E-state index in [1.807, 2.05) is 6.92 Å². The second-order valence-electron chi connectivity index (χ2n) is 4.73. The summed E-state index contributed by atoms with van der Waals surface area (Å²) < 4.78 is 5.09. The Balaban J connectivity index is 1.68. The minimum absolute atomic E-state index is 0.0723. The normalized spacial score (nSPS) is 32.6. The number of hydrogen-bond acceptors (Lipinski definition) is 2. The molecular weight excluding hydrogens is 178 g/mol. The van der Waals surface area contributed by atoms with Crippen LogP contribution in [0.15, 0.2) is 0 Å². The molecule has 0 aromatic heterocycles. The van der Waals surface area contributed by atoms with Crippen LogP contribution in [0.25, 0.3) is 0 Å². The van der Waals surface area contributed by atoms with Gasteiger partial charge in [-0.05, 0) is 25.7 Å². The fraction of sp³-hybridized carbons (Fsp3) is 0.909. The lowest BCUT2D eigenvalue weighted by Gasteiger charge is -2.22. The summed E-state index contributed by atoms with van der Waals surface area (Å²) in [4.78, 5) is 11.5. The highest BCUT2D eigenvalue weighted by Crippen LogP contribution is 2.27. The topological polar surface area (TPSA) is 41.6 Å². The third-order valence-electron chi connectivity index (χ3n) is 3.33. The van der Waals surface area contributed by atoms with Crippen LogP contribution < -0.4 is 5.32 Å². The van der Waals surface area contributed by atoms with Crippen molar-refractivity contribution in [3.05, 3.63) is 0 Å². The summed E-state index contributed by atoms with van der Waals surface area (Å²) in [6.45, 7) is 3.28. The lowest BCUT2D eigenvalue weighted by atomic mass is 9.89. The van der Waals surface area contributed by atoms with E-state index in [1.165, 1.54) is 32.1 Å². The molecule has 14 heavy (non-hydrogen) atoms. The van der Waals surface area contributed by atoms with Gasteiger partial charge in [0.15, 0.2) is 5.60 Å². The zero-order valence-corrected chi connectivity index (χ0v) is 8.84. The van der Waals surface area contributed by atoms with E-state index in [9.17, 15) is 4.79 Å². The minimum Gasteiger partial charge on any atom is -0.359 e. The van der Waals surface area contributed by atoms with Crippen molar-refractivity contribution in [3.63, 3.8) is 0 Å². The largest absolute Gasteiger partial charge is 0.359 e. The number of ether oxygens (including phenoxy) is 1. The summed E-state index contributed by atoms with van der Waals surface area (Å²) in [6, 6.07) is 0. The van der Waals surface area contributed by atoms with Crippen LogP contribution in [-0.4, -0.2) is 24.7 Å². The van der Waals surface area contributed by atoms with Crippen LogP contribution in [-0.2, 0) is 9.53 Å². The molecule has 1 saturated carbocycles. The van der Waals surface area contributed by atoms with Crippen molar-refractivity contribution in [3.8, 4) is 0 Å². The Hall–Kier alpha value is -0.570. The van der Waals surface area contributed by atoms with Gasteiger partial charge in [0.2, 0.25) is 0 Å². The van der Waals surface area contributed by atoms with Crippen molar-refractivity contribution in [2.45, 2.75) is 44.6 Å². The van der Waals surface area contributed by atoms with E-state index in [2.05, 4.69) is 5.32 Å². The molecule has 0 spiro atoms. The highest BCUT2D eigenvalue weighted by Gasteiger charge is 2.47. The first-order chi connectivity index (χ1) is 6.71. The third-order valence-corrected chi connectivity index (χ3v) is 3.33. The molecule has 2 aliphatic rings. The van der Waals surface area contributed by atoms with Gasteiger partial charge in [-0.15, -0.1) is 0 Å². The van der Waals surface area contributed by atoms with Crippen LogP contribution in [0.2, 0.25) is 0 Å². The molecule has 80 valence electrons. The monoisotopic (exact) mass is 197 g/mol. The van der Waals surface area contributed by atoms with Crippen molar-refractivity contribution in [1.82, 2.24) is 5.32 Å². The molecular formula is C11H19NO2. The molecule has 1 amide bonds. The quantitative estimate of drug-likeness (QED) is 0.696. The molecule has 1 aliphatic heterocycles. The molecule has 1 saturated heterocycles. The third kappa shape index (κ3) is 2.27. The van der Waals surface area contributed by atoms with E-state index in [0.29, 0.717) is 12.5 Å². The number of amides is 1. The standard InChI is InChI=1S/C11H19NO2/c1-11(8-14-11)10(13)12-7-9-5-3-2-4-6-9/h9H,2-8H2,1H3,(H,12,13)/t11-/m0/s1. The van der Waals surface area contributed by atoms with Gasteiger partial charge in [-0.2, -0.15) is 0 Å². The van der Waals surface area contributed by atoms with Crippen molar-refractivity contribution >= 4 is 5.91 Å². The van der Waals surface area contributed by atoms with Crippen molar-refractivity contribution < 1.29 is 9.53 Å². The predicted molar refractivity (Wildman–Crippen MR) is 53.9 cm³/mol. The van der Waals surface area contributed by atoms with Gasteiger partial charge in [0.05, 0.1) is 6.61 Å². The Labute approximate surface area is 85.2 Å². The summed E-state index contributed by atoms with van der Waals surface area (Å²) in [5, 5.41) is 2.99. The fourth-order valence-corrected chi connectivity index (χ4v) is 2.05. The number of carbonyl (C=O) groups excluding carboxylic acids is 1. The van der Waals surface area contributed by atoms with Crippen LogP contribution in [0.5, 0.6) is 0 Å². The van der Waals surface area contributed by atoms with Crippen molar-refractivity contribution in [2.24, 2.45) is 5.92 Å². The Bertz CT molecular complexity index is 217. The minimum atomic E-state index is -0.491. The van der Waals surface area contributed by atoms with Crippen LogP contribution >= 0.6 is 0 Å². The molecule has 0 bridgehead atoms. The Morgan fingerprint density at radius 2 is 2.07 bits per heavy atom. The molecule has 2 fully saturated rings. The van der Waals surface area contributed by atoms with Crippen LogP contribution in [0.1, 0.15) is 39.0 Å². The smallest absolute Gasteiger partial charge is 0.254 e. The highest BCUT2D eigenvalue weighted by atomic mass is 16.6. The molecule has 1 N–H and O–H groups in total. The van der Waals surface area contributed by atoms with E-state index in [-0.39, 0.29) is 5.91 Å². The molecule has 3 nitrogen and oxygen atoms in total. The van der Waals surface area contributed by atoms with Gasteiger partial charge in [-0.1, -0.05) is 19.3 Å². The Morgan fingerprint density at radius 1 is 1.43 bits per heavy atom. The summed E-state index contributed by atoms with van der Waals surface area (Å²) in [6.07, 6.45) is 6.57. The molecule has 2 rings (SSSR count). The summed E-state index contributed by atoms with van der Waals surface area (Å²) >= 11 is 0. The van der Waals surface area contributed by atoms with Gasteiger partial charge in [0.1, 0.15) is 0 Å². The van der Waals surface area contributed by atoms with Crippen LogP contribution in [0.3, 0.4) is 0 Å². The average molecular weight is 197 g/mol. The average Bonchev–Trinajstić information content (AvgIpc) is 2.96. The molecule has 1 atom stereocenters. The van der Waals surface area contributed by atoms with Gasteiger partial charge >= 0.3 is 0 Å². The number of carbonyl (C=O) groups is 1. The predicted octanol–water partition coefficient (Wildman–Crippen LogP) is 1.47. The molecule has 0 unspecified atom stereocenters. The Morgan fingerprint density at radius 3 is 2.64 bits per heavy atom. The maximum Gasteiger partial charge on any atom is 0.254 e. The number of epoxide rings is 1. The van der Waals surface area contributed by atoms with Crippen LogP contribution in [0, 0.1) is 5.92 Å². The molecule has 1 heterocycles. The van der Waals surface area contributed by atoms with E-state index < -0.39 is 5.60 Å². The van der Waals surface area contributed by atoms with Crippen molar-refractivity contribution in [2.75, 3.05) is 13.2 Å². The number of hydrogen-bond donors (Lipinski definition) is 1. The molecule has 1 aliphatic carbocycles. The van der Waals surface area contributed by atoms with E-state index >= 15 is 0 Å². The lowest BCUT2D eigenvalue weighted by molar-refractivity contribution is -0.125. The molecule has 0 radical (unpaired) electrons. The van der Waals surface area contributed by atoms with E-state index in [0.717, 1.165) is 6.54 Å². The molecule has 0 aromatic rings. The van der Waals surface area contributed by atoms with E-state index in [4.69, 9.17) is 4.74 Å². The van der Waals surface area contributed by atoms with Gasteiger partial charge < -0.3 is 10.1 Å². The molecule has 3 heteroatoms.